The van der Waals surface area contributed by atoms with Gasteiger partial charge < -0.3 is 4.90 Å². The minimum absolute atomic E-state index is 0.133. The zero-order chi connectivity index (χ0) is 18.7. The summed E-state index contributed by atoms with van der Waals surface area (Å²) in [7, 11) is 0.708. The topological polar surface area (TPSA) is 68.1 Å². The number of benzene rings is 1. The first-order valence-electron chi connectivity index (χ1n) is 8.11. The molecule has 0 fully saturated rings. The summed E-state index contributed by atoms with van der Waals surface area (Å²) in [6, 6.07) is 13.3. The Kier molecular flexibility index (Phi) is 5.63. The van der Waals surface area contributed by atoms with Crippen LogP contribution in [0.5, 0.6) is 0 Å². The Morgan fingerprint density at radius 2 is 2.00 bits per heavy atom. The van der Waals surface area contributed by atoms with Crippen molar-refractivity contribution >= 4 is 28.0 Å². The molecule has 0 saturated carbocycles. The number of amides is 1. The van der Waals surface area contributed by atoms with E-state index in [2.05, 4.69) is 10.1 Å². The molecule has 0 N–H and O–H groups in total. The summed E-state index contributed by atoms with van der Waals surface area (Å²) < 4.78 is 13.1. The van der Waals surface area contributed by atoms with E-state index in [0.29, 0.717) is 11.6 Å². The highest BCUT2D eigenvalue weighted by Gasteiger charge is 2.25. The van der Waals surface area contributed by atoms with Gasteiger partial charge in [0.15, 0.2) is 5.82 Å². The minimum Gasteiger partial charge on any atom is -0.335 e. The first-order valence-corrected chi connectivity index (χ1v) is 10.7. The van der Waals surface area contributed by atoms with E-state index in [1.165, 1.54) is 0 Å². The van der Waals surface area contributed by atoms with Crippen LogP contribution in [0.15, 0.2) is 47.8 Å². The Morgan fingerprint density at radius 1 is 1.27 bits per heavy atom. The summed E-state index contributed by atoms with van der Waals surface area (Å²) in [5, 5.41) is 6.43. The quantitative estimate of drug-likeness (QED) is 0.651. The molecule has 136 valence electrons. The number of nitrogens with zero attached hydrogens (tertiary/aromatic N) is 4. The van der Waals surface area contributed by atoms with Gasteiger partial charge in [0.25, 0.3) is 5.91 Å². The van der Waals surface area contributed by atoms with E-state index in [1.807, 2.05) is 54.8 Å². The summed E-state index contributed by atoms with van der Waals surface area (Å²) in [6.07, 6.45) is 1.63. The lowest BCUT2D eigenvalue weighted by Crippen LogP contribution is -2.38. The van der Waals surface area contributed by atoms with E-state index in [9.17, 15) is 9.00 Å². The highest BCUT2D eigenvalue weighted by Crippen LogP contribution is 2.25. The third-order valence-electron chi connectivity index (χ3n) is 4.00. The van der Waals surface area contributed by atoms with Gasteiger partial charge in [-0.15, -0.1) is 16.4 Å². The standard InChI is InChI=1S/C18H20N4O2S2/c1-13(12-26(3)24)21(2)18(23)16-19-17(15-10-7-11-25-15)22(20-16)14-8-5-4-6-9-14/h4-11,13H,12H2,1-3H3/t13-,26-/m1/s1. The molecule has 2 heterocycles. The minimum atomic E-state index is -0.981. The molecule has 0 aliphatic carbocycles. The SMILES string of the molecule is C[C@H](C[S@@](C)=O)N(C)C(=O)c1nc(-c2cccs2)n(-c2ccccc2)n1. The predicted molar refractivity (Wildman–Crippen MR) is 105 cm³/mol. The zero-order valence-electron chi connectivity index (χ0n) is 14.8. The highest BCUT2D eigenvalue weighted by molar-refractivity contribution is 7.84. The van der Waals surface area contributed by atoms with Crippen molar-refractivity contribution in [2.75, 3.05) is 19.1 Å². The average Bonchev–Trinajstić information content (AvgIpc) is 3.30. The molecule has 0 aliphatic rings. The number of para-hydroxylation sites is 1. The number of carbonyl (C=O) groups is 1. The second kappa shape index (κ2) is 7.92. The van der Waals surface area contributed by atoms with Crippen LogP contribution in [0.1, 0.15) is 17.5 Å². The number of hydrogen-bond acceptors (Lipinski definition) is 5. The molecule has 26 heavy (non-hydrogen) atoms. The van der Waals surface area contributed by atoms with E-state index >= 15 is 0 Å². The summed E-state index contributed by atoms with van der Waals surface area (Å²) in [5.74, 6) is 0.901. The fourth-order valence-corrected chi connectivity index (χ4v) is 4.13. The van der Waals surface area contributed by atoms with Crippen LogP contribution in [-0.4, -0.2) is 54.9 Å². The Labute approximate surface area is 158 Å². The predicted octanol–water partition coefficient (Wildman–Crippen LogP) is 2.83. The highest BCUT2D eigenvalue weighted by atomic mass is 32.2. The van der Waals surface area contributed by atoms with Crippen LogP contribution in [0, 0.1) is 0 Å². The van der Waals surface area contributed by atoms with Gasteiger partial charge in [-0.25, -0.2) is 9.67 Å². The van der Waals surface area contributed by atoms with Crippen LogP contribution in [-0.2, 0) is 10.8 Å². The van der Waals surface area contributed by atoms with Crippen molar-refractivity contribution in [3.05, 3.63) is 53.7 Å². The Morgan fingerprint density at radius 3 is 2.62 bits per heavy atom. The maximum atomic E-state index is 12.8. The molecule has 0 radical (unpaired) electrons. The molecule has 6 nitrogen and oxygen atoms in total. The monoisotopic (exact) mass is 388 g/mol. The number of aromatic nitrogens is 3. The lowest BCUT2D eigenvalue weighted by molar-refractivity contribution is 0.0745. The van der Waals surface area contributed by atoms with Crippen molar-refractivity contribution in [1.29, 1.82) is 0 Å². The molecule has 8 heteroatoms. The fraction of sp³-hybridized carbons (Fsp3) is 0.278. The van der Waals surface area contributed by atoms with Gasteiger partial charge in [0.1, 0.15) is 0 Å². The van der Waals surface area contributed by atoms with E-state index in [4.69, 9.17) is 0 Å². The van der Waals surface area contributed by atoms with Gasteiger partial charge in [-0.1, -0.05) is 24.3 Å². The van der Waals surface area contributed by atoms with Crippen molar-refractivity contribution in [2.24, 2.45) is 0 Å². The first-order chi connectivity index (χ1) is 12.5. The van der Waals surface area contributed by atoms with E-state index < -0.39 is 10.8 Å². The smallest absolute Gasteiger partial charge is 0.293 e. The van der Waals surface area contributed by atoms with Crippen molar-refractivity contribution in [2.45, 2.75) is 13.0 Å². The van der Waals surface area contributed by atoms with E-state index in [1.54, 1.807) is 34.2 Å². The molecule has 2 atom stereocenters. The Bertz CT molecular complexity index is 907. The number of hydrogen-bond donors (Lipinski definition) is 0. The van der Waals surface area contributed by atoms with Gasteiger partial charge in [-0.2, -0.15) is 0 Å². The van der Waals surface area contributed by atoms with Gasteiger partial charge in [-0.3, -0.25) is 9.00 Å². The second-order valence-electron chi connectivity index (χ2n) is 5.99. The second-order valence-corrected chi connectivity index (χ2v) is 8.42. The molecule has 1 amide bonds. The molecule has 3 aromatic rings. The van der Waals surface area contributed by atoms with Crippen molar-refractivity contribution in [3.63, 3.8) is 0 Å². The molecule has 0 aliphatic heterocycles. The van der Waals surface area contributed by atoms with Gasteiger partial charge in [0.2, 0.25) is 5.82 Å². The van der Waals surface area contributed by atoms with E-state index in [0.717, 1.165) is 10.6 Å². The van der Waals surface area contributed by atoms with Crippen LogP contribution < -0.4 is 0 Å². The third kappa shape index (κ3) is 3.91. The summed E-state index contributed by atoms with van der Waals surface area (Å²) >= 11 is 1.54. The molecule has 1 aromatic carbocycles. The van der Waals surface area contributed by atoms with Gasteiger partial charge in [0, 0.05) is 35.9 Å². The van der Waals surface area contributed by atoms with Crippen LogP contribution in [0.2, 0.25) is 0 Å². The Hall–Kier alpha value is -2.32. The normalized spacial score (nSPS) is 13.3. The van der Waals surface area contributed by atoms with Gasteiger partial charge in [-0.05, 0) is 30.5 Å². The van der Waals surface area contributed by atoms with Crippen LogP contribution >= 0.6 is 11.3 Å². The summed E-state index contributed by atoms with van der Waals surface area (Å²) in [6.45, 7) is 1.87. The number of carbonyl (C=O) groups excluding carboxylic acids is 1. The van der Waals surface area contributed by atoms with Crippen LogP contribution in [0.3, 0.4) is 0 Å². The van der Waals surface area contributed by atoms with Crippen molar-refractivity contribution in [3.8, 4) is 16.4 Å². The Balaban J connectivity index is 1.99. The largest absolute Gasteiger partial charge is 0.335 e. The molecule has 0 spiro atoms. The zero-order valence-corrected chi connectivity index (χ0v) is 16.5. The average molecular weight is 389 g/mol. The number of thiophene rings is 1. The molecular weight excluding hydrogens is 368 g/mol. The molecule has 3 rings (SSSR count). The lowest BCUT2D eigenvalue weighted by atomic mass is 10.3. The summed E-state index contributed by atoms with van der Waals surface area (Å²) in [5.41, 5.74) is 0.841. The first kappa shape index (κ1) is 18.5. The van der Waals surface area contributed by atoms with Crippen molar-refractivity contribution in [1.82, 2.24) is 19.7 Å². The van der Waals surface area contributed by atoms with Crippen molar-refractivity contribution < 1.29 is 9.00 Å². The molecule has 0 unspecified atom stereocenters. The van der Waals surface area contributed by atoms with Crippen LogP contribution in [0.25, 0.3) is 16.4 Å². The lowest BCUT2D eigenvalue weighted by Gasteiger charge is -2.22. The third-order valence-corrected chi connectivity index (χ3v) is 5.82. The maximum Gasteiger partial charge on any atom is 0.293 e. The maximum absolute atomic E-state index is 12.8. The van der Waals surface area contributed by atoms with Gasteiger partial charge in [0.05, 0.1) is 10.6 Å². The number of rotatable bonds is 6. The molecule has 0 saturated heterocycles. The molecule has 2 aromatic heterocycles. The summed E-state index contributed by atoms with van der Waals surface area (Å²) in [4.78, 5) is 19.8. The molecule has 0 bridgehead atoms. The van der Waals surface area contributed by atoms with E-state index in [-0.39, 0.29) is 17.8 Å². The fourth-order valence-electron chi connectivity index (χ4n) is 2.53. The van der Waals surface area contributed by atoms with Crippen LogP contribution in [0.4, 0.5) is 0 Å². The van der Waals surface area contributed by atoms with Gasteiger partial charge >= 0.3 is 0 Å². The molecular formula is C18H20N4O2S2.